The van der Waals surface area contributed by atoms with Gasteiger partial charge in [-0.05, 0) is 37.5 Å². The molecule has 0 atom stereocenters. The Hall–Kier alpha value is -1.23. The standard InChI is InChI=1S/C19H28F3N3O2.HI/c1-2-23-17(25-13-18(26)10-4-3-5-11-18)24-12-15-6-8-16(9-7-15)27-14-19(20,21)22;/h6-9,26H,2-5,10-14H2,1H3,(H2,23,24,25);1H. The Morgan fingerprint density at radius 3 is 2.36 bits per heavy atom. The summed E-state index contributed by atoms with van der Waals surface area (Å²) >= 11 is 0. The predicted octanol–water partition coefficient (Wildman–Crippen LogP) is 4.00. The van der Waals surface area contributed by atoms with Crippen molar-refractivity contribution in [2.24, 2.45) is 4.99 Å². The normalized spacial score (nSPS) is 16.8. The number of nitrogens with one attached hydrogen (secondary N) is 2. The highest BCUT2D eigenvalue weighted by Crippen LogP contribution is 2.27. The van der Waals surface area contributed by atoms with Crippen LogP contribution < -0.4 is 15.4 Å². The molecule has 1 aliphatic carbocycles. The Kier molecular flexibility index (Phi) is 10.4. The van der Waals surface area contributed by atoms with E-state index < -0.39 is 18.4 Å². The zero-order valence-corrected chi connectivity index (χ0v) is 18.3. The van der Waals surface area contributed by atoms with Crippen LogP contribution in [0.1, 0.15) is 44.6 Å². The first-order valence-corrected chi connectivity index (χ1v) is 9.33. The number of aliphatic hydroxyl groups is 1. The third kappa shape index (κ3) is 9.31. The third-order valence-electron chi connectivity index (χ3n) is 4.46. The van der Waals surface area contributed by atoms with E-state index in [1.807, 2.05) is 6.92 Å². The molecule has 0 amide bonds. The van der Waals surface area contributed by atoms with Crippen LogP contribution in [-0.2, 0) is 6.54 Å². The van der Waals surface area contributed by atoms with Gasteiger partial charge in [-0.1, -0.05) is 31.4 Å². The first kappa shape index (κ1) is 24.8. The molecule has 0 unspecified atom stereocenters. The van der Waals surface area contributed by atoms with E-state index in [1.165, 1.54) is 18.6 Å². The number of halogens is 4. The van der Waals surface area contributed by atoms with Gasteiger partial charge < -0.3 is 20.5 Å². The summed E-state index contributed by atoms with van der Waals surface area (Å²) in [7, 11) is 0. The molecule has 1 fully saturated rings. The van der Waals surface area contributed by atoms with Crippen molar-refractivity contribution >= 4 is 29.9 Å². The number of benzene rings is 1. The van der Waals surface area contributed by atoms with Crippen LogP contribution in [0.3, 0.4) is 0 Å². The molecule has 1 aromatic carbocycles. The van der Waals surface area contributed by atoms with E-state index in [0.29, 0.717) is 25.6 Å². The van der Waals surface area contributed by atoms with Crippen LogP contribution in [0, 0.1) is 0 Å². The van der Waals surface area contributed by atoms with Crippen molar-refractivity contribution in [2.75, 3.05) is 19.7 Å². The summed E-state index contributed by atoms with van der Waals surface area (Å²) in [6, 6.07) is 6.38. The molecular formula is C19H29F3IN3O2. The topological polar surface area (TPSA) is 65.9 Å². The second-order valence-corrected chi connectivity index (χ2v) is 6.88. The Balaban J connectivity index is 0.00000392. The lowest BCUT2D eigenvalue weighted by Crippen LogP contribution is -2.48. The van der Waals surface area contributed by atoms with Gasteiger partial charge in [-0.25, -0.2) is 4.99 Å². The Bertz CT molecular complexity index is 603. The maximum absolute atomic E-state index is 12.2. The molecule has 1 aliphatic rings. The van der Waals surface area contributed by atoms with Gasteiger partial charge in [-0.15, -0.1) is 24.0 Å². The van der Waals surface area contributed by atoms with E-state index in [1.54, 1.807) is 12.1 Å². The Morgan fingerprint density at radius 2 is 1.79 bits per heavy atom. The van der Waals surface area contributed by atoms with Gasteiger partial charge in [-0.2, -0.15) is 13.2 Å². The molecule has 9 heteroatoms. The van der Waals surface area contributed by atoms with Crippen molar-refractivity contribution in [1.82, 2.24) is 10.6 Å². The Morgan fingerprint density at radius 1 is 1.14 bits per heavy atom. The van der Waals surface area contributed by atoms with E-state index in [-0.39, 0.29) is 29.7 Å². The number of guanidine groups is 1. The lowest BCUT2D eigenvalue weighted by atomic mass is 9.85. The first-order valence-electron chi connectivity index (χ1n) is 9.33. The minimum Gasteiger partial charge on any atom is -0.484 e. The quantitative estimate of drug-likeness (QED) is 0.292. The number of hydrogen-bond acceptors (Lipinski definition) is 3. The molecule has 28 heavy (non-hydrogen) atoms. The zero-order valence-electron chi connectivity index (χ0n) is 16.0. The van der Waals surface area contributed by atoms with Crippen LogP contribution in [-0.4, -0.2) is 42.5 Å². The molecule has 0 aliphatic heterocycles. The molecule has 0 radical (unpaired) electrons. The van der Waals surface area contributed by atoms with Crippen LogP contribution in [0.25, 0.3) is 0 Å². The lowest BCUT2D eigenvalue weighted by Gasteiger charge is -2.32. The monoisotopic (exact) mass is 515 g/mol. The summed E-state index contributed by atoms with van der Waals surface area (Å²) in [5, 5.41) is 16.9. The minimum atomic E-state index is -4.35. The molecular weight excluding hydrogens is 486 g/mol. The summed E-state index contributed by atoms with van der Waals surface area (Å²) in [6.45, 7) is 2.16. The molecule has 1 aromatic rings. The molecule has 3 N–H and O–H groups in total. The van der Waals surface area contributed by atoms with Crippen molar-refractivity contribution in [1.29, 1.82) is 0 Å². The van der Waals surface area contributed by atoms with Gasteiger partial charge in [0, 0.05) is 13.1 Å². The smallest absolute Gasteiger partial charge is 0.422 e. The maximum Gasteiger partial charge on any atom is 0.422 e. The van der Waals surface area contributed by atoms with Crippen LogP contribution in [0.2, 0.25) is 0 Å². The number of hydrogen-bond donors (Lipinski definition) is 3. The van der Waals surface area contributed by atoms with Gasteiger partial charge in [0.15, 0.2) is 12.6 Å². The van der Waals surface area contributed by atoms with Gasteiger partial charge in [0.1, 0.15) is 5.75 Å². The van der Waals surface area contributed by atoms with Crippen molar-refractivity contribution in [3.63, 3.8) is 0 Å². The van der Waals surface area contributed by atoms with E-state index in [4.69, 9.17) is 4.74 Å². The van der Waals surface area contributed by atoms with Gasteiger partial charge in [0.05, 0.1) is 12.1 Å². The SMILES string of the molecule is CCNC(=NCc1ccc(OCC(F)(F)F)cc1)NCC1(O)CCCCC1.I. The van der Waals surface area contributed by atoms with Crippen molar-refractivity contribution in [3.05, 3.63) is 29.8 Å². The molecule has 0 aromatic heterocycles. The van der Waals surface area contributed by atoms with Gasteiger partial charge in [0.25, 0.3) is 0 Å². The largest absolute Gasteiger partial charge is 0.484 e. The molecule has 0 spiro atoms. The summed E-state index contributed by atoms with van der Waals surface area (Å²) in [5.74, 6) is 0.776. The van der Waals surface area contributed by atoms with Crippen LogP contribution in [0.5, 0.6) is 5.75 Å². The molecule has 0 saturated heterocycles. The second-order valence-electron chi connectivity index (χ2n) is 6.88. The molecule has 160 valence electrons. The number of nitrogens with zero attached hydrogens (tertiary/aromatic N) is 1. The molecule has 1 saturated carbocycles. The summed E-state index contributed by atoms with van der Waals surface area (Å²) in [5.41, 5.74) is 0.161. The van der Waals surface area contributed by atoms with Crippen LogP contribution in [0.15, 0.2) is 29.3 Å². The fourth-order valence-electron chi connectivity index (χ4n) is 3.00. The van der Waals surface area contributed by atoms with E-state index in [9.17, 15) is 18.3 Å². The first-order chi connectivity index (χ1) is 12.8. The minimum absolute atomic E-state index is 0. The fraction of sp³-hybridized carbons (Fsp3) is 0.632. The van der Waals surface area contributed by atoms with E-state index in [0.717, 1.165) is 31.2 Å². The van der Waals surface area contributed by atoms with E-state index in [2.05, 4.69) is 15.6 Å². The summed E-state index contributed by atoms with van der Waals surface area (Å²) in [4.78, 5) is 4.48. The number of alkyl halides is 3. The van der Waals surface area contributed by atoms with Gasteiger partial charge in [0.2, 0.25) is 0 Å². The second kappa shape index (κ2) is 11.7. The lowest BCUT2D eigenvalue weighted by molar-refractivity contribution is -0.153. The zero-order chi connectivity index (χ0) is 19.8. The summed E-state index contributed by atoms with van der Waals surface area (Å²) in [6.07, 6.45) is 0.470. The highest BCUT2D eigenvalue weighted by Gasteiger charge is 2.29. The fourth-order valence-corrected chi connectivity index (χ4v) is 3.00. The maximum atomic E-state index is 12.2. The molecule has 0 heterocycles. The molecule has 5 nitrogen and oxygen atoms in total. The summed E-state index contributed by atoms with van der Waals surface area (Å²) < 4.78 is 41.2. The van der Waals surface area contributed by atoms with Gasteiger partial charge >= 0.3 is 6.18 Å². The van der Waals surface area contributed by atoms with Crippen molar-refractivity contribution in [3.8, 4) is 5.75 Å². The Labute approximate surface area is 181 Å². The average Bonchev–Trinajstić information content (AvgIpc) is 2.63. The number of aliphatic imine (C=N–C) groups is 1. The third-order valence-corrected chi connectivity index (χ3v) is 4.46. The van der Waals surface area contributed by atoms with Crippen LogP contribution in [0.4, 0.5) is 13.2 Å². The highest BCUT2D eigenvalue weighted by molar-refractivity contribution is 14.0. The number of rotatable bonds is 7. The average molecular weight is 515 g/mol. The molecule has 0 bridgehead atoms. The molecule has 2 rings (SSSR count). The predicted molar refractivity (Wildman–Crippen MR) is 114 cm³/mol. The van der Waals surface area contributed by atoms with Crippen LogP contribution >= 0.6 is 24.0 Å². The van der Waals surface area contributed by atoms with Crippen molar-refractivity contribution < 1.29 is 23.0 Å². The van der Waals surface area contributed by atoms with Crippen molar-refractivity contribution in [2.45, 2.75) is 57.3 Å². The number of ether oxygens (including phenoxy) is 1. The highest BCUT2D eigenvalue weighted by atomic mass is 127. The van der Waals surface area contributed by atoms with Gasteiger partial charge in [-0.3, -0.25) is 0 Å². The van der Waals surface area contributed by atoms with E-state index >= 15 is 0 Å².